The highest BCUT2D eigenvalue weighted by atomic mass is 15.1. The van der Waals surface area contributed by atoms with E-state index in [2.05, 4.69) is 22.2 Å². The summed E-state index contributed by atoms with van der Waals surface area (Å²) in [6, 6.07) is 0.261. The summed E-state index contributed by atoms with van der Waals surface area (Å²) in [5, 5.41) is 3.20. The Bertz CT molecular complexity index is 294. The first-order chi connectivity index (χ1) is 6.67. The number of hydrogen-bond donors (Lipinski definition) is 2. The molecule has 0 aliphatic carbocycles. The smallest absolute Gasteiger partial charge is 0.223 e. The van der Waals surface area contributed by atoms with Gasteiger partial charge >= 0.3 is 0 Å². The van der Waals surface area contributed by atoms with Crippen LogP contribution in [0, 0.1) is 13.8 Å². The maximum atomic E-state index is 5.58. The summed E-state index contributed by atoms with van der Waals surface area (Å²) in [4.78, 5) is 8.53. The molecule has 0 aliphatic rings. The van der Waals surface area contributed by atoms with E-state index in [1.54, 1.807) is 0 Å². The molecule has 3 N–H and O–H groups in total. The van der Waals surface area contributed by atoms with Crippen LogP contribution in [0.2, 0.25) is 0 Å². The highest BCUT2D eigenvalue weighted by Gasteiger charge is 2.05. The molecule has 0 spiro atoms. The molecule has 0 saturated heterocycles. The molecule has 1 atom stereocenters. The van der Waals surface area contributed by atoms with Crippen LogP contribution < -0.4 is 11.1 Å². The van der Waals surface area contributed by atoms with Crippen molar-refractivity contribution in [3.63, 3.8) is 0 Å². The molecule has 1 heterocycles. The van der Waals surface area contributed by atoms with Crippen molar-refractivity contribution < 1.29 is 0 Å². The van der Waals surface area contributed by atoms with Gasteiger partial charge in [-0.05, 0) is 25.8 Å². The summed E-state index contributed by atoms with van der Waals surface area (Å²) < 4.78 is 0. The Morgan fingerprint density at radius 1 is 1.50 bits per heavy atom. The molecule has 0 fully saturated rings. The molecule has 1 rings (SSSR count). The molecule has 0 amide bonds. The SMILES string of the molecule is CCC(CN)Nc1ncc(C)c(C)n1. The normalized spacial score (nSPS) is 12.6. The first kappa shape index (κ1) is 10.9. The van der Waals surface area contributed by atoms with Gasteiger partial charge in [0.15, 0.2) is 0 Å². The number of nitrogens with zero attached hydrogens (tertiary/aromatic N) is 2. The number of nitrogens with two attached hydrogens (primary N) is 1. The Morgan fingerprint density at radius 2 is 2.21 bits per heavy atom. The third-order valence-electron chi connectivity index (χ3n) is 2.34. The average Bonchev–Trinajstić information content (AvgIpc) is 2.19. The Hall–Kier alpha value is -1.16. The molecule has 1 aromatic rings. The van der Waals surface area contributed by atoms with Crippen molar-refractivity contribution in [1.29, 1.82) is 0 Å². The van der Waals surface area contributed by atoms with E-state index in [4.69, 9.17) is 5.73 Å². The Morgan fingerprint density at radius 3 is 2.71 bits per heavy atom. The van der Waals surface area contributed by atoms with Gasteiger partial charge in [-0.2, -0.15) is 0 Å². The summed E-state index contributed by atoms with van der Waals surface area (Å²) >= 11 is 0. The number of aromatic nitrogens is 2. The maximum Gasteiger partial charge on any atom is 0.223 e. The maximum absolute atomic E-state index is 5.58. The lowest BCUT2D eigenvalue weighted by Crippen LogP contribution is -2.28. The summed E-state index contributed by atoms with van der Waals surface area (Å²) in [7, 11) is 0. The highest BCUT2D eigenvalue weighted by molar-refractivity contribution is 5.29. The largest absolute Gasteiger partial charge is 0.350 e. The number of rotatable bonds is 4. The summed E-state index contributed by atoms with van der Waals surface area (Å²) in [5.41, 5.74) is 7.70. The summed E-state index contributed by atoms with van der Waals surface area (Å²) in [6.45, 7) is 6.67. The van der Waals surface area contributed by atoms with Crippen LogP contribution in [0.15, 0.2) is 6.20 Å². The quantitative estimate of drug-likeness (QED) is 0.757. The molecule has 78 valence electrons. The molecular formula is C10H18N4. The minimum atomic E-state index is 0.261. The zero-order valence-electron chi connectivity index (χ0n) is 9.04. The van der Waals surface area contributed by atoms with Gasteiger partial charge in [0, 0.05) is 24.5 Å². The Balaban J connectivity index is 2.72. The molecule has 0 aliphatic heterocycles. The van der Waals surface area contributed by atoms with Gasteiger partial charge < -0.3 is 11.1 Å². The molecule has 1 aromatic heterocycles. The lowest BCUT2D eigenvalue weighted by atomic mass is 10.2. The van der Waals surface area contributed by atoms with Gasteiger partial charge in [-0.25, -0.2) is 9.97 Å². The third kappa shape index (κ3) is 2.67. The minimum Gasteiger partial charge on any atom is -0.350 e. The van der Waals surface area contributed by atoms with Gasteiger partial charge in [-0.1, -0.05) is 6.92 Å². The van der Waals surface area contributed by atoms with Crippen molar-refractivity contribution in [3.05, 3.63) is 17.5 Å². The van der Waals surface area contributed by atoms with Gasteiger partial charge in [-0.15, -0.1) is 0 Å². The monoisotopic (exact) mass is 194 g/mol. The lowest BCUT2D eigenvalue weighted by molar-refractivity contribution is 0.694. The first-order valence-corrected chi connectivity index (χ1v) is 4.94. The number of aryl methyl sites for hydroxylation is 2. The van der Waals surface area contributed by atoms with Crippen molar-refractivity contribution in [3.8, 4) is 0 Å². The van der Waals surface area contributed by atoms with Crippen molar-refractivity contribution in [1.82, 2.24) is 9.97 Å². The van der Waals surface area contributed by atoms with Crippen LogP contribution >= 0.6 is 0 Å². The summed E-state index contributed by atoms with van der Waals surface area (Å²) in [5.74, 6) is 0.672. The van der Waals surface area contributed by atoms with Crippen LogP contribution in [0.3, 0.4) is 0 Å². The highest BCUT2D eigenvalue weighted by Crippen LogP contribution is 2.06. The van der Waals surface area contributed by atoms with E-state index in [1.165, 1.54) is 0 Å². The van der Waals surface area contributed by atoms with Crippen molar-refractivity contribution in [2.24, 2.45) is 5.73 Å². The number of hydrogen-bond acceptors (Lipinski definition) is 4. The zero-order chi connectivity index (χ0) is 10.6. The van der Waals surface area contributed by atoms with Crippen molar-refractivity contribution in [2.75, 3.05) is 11.9 Å². The average molecular weight is 194 g/mol. The predicted molar refractivity (Wildman–Crippen MR) is 58.3 cm³/mol. The minimum absolute atomic E-state index is 0.261. The van der Waals surface area contributed by atoms with E-state index in [1.807, 2.05) is 20.0 Å². The topological polar surface area (TPSA) is 63.8 Å². The van der Waals surface area contributed by atoms with E-state index in [9.17, 15) is 0 Å². The van der Waals surface area contributed by atoms with Gasteiger partial charge in [0.25, 0.3) is 0 Å². The van der Waals surface area contributed by atoms with Crippen LogP contribution in [0.4, 0.5) is 5.95 Å². The molecule has 0 radical (unpaired) electrons. The molecular weight excluding hydrogens is 176 g/mol. The van der Waals surface area contributed by atoms with E-state index >= 15 is 0 Å². The van der Waals surface area contributed by atoms with E-state index < -0.39 is 0 Å². The predicted octanol–water partition coefficient (Wildman–Crippen LogP) is 1.24. The van der Waals surface area contributed by atoms with Crippen LogP contribution in [0.1, 0.15) is 24.6 Å². The number of nitrogens with one attached hydrogen (secondary N) is 1. The van der Waals surface area contributed by atoms with E-state index in [0.29, 0.717) is 12.5 Å². The second kappa shape index (κ2) is 4.91. The first-order valence-electron chi connectivity index (χ1n) is 4.94. The van der Waals surface area contributed by atoms with Crippen LogP contribution in [0.25, 0.3) is 0 Å². The molecule has 0 saturated carbocycles. The van der Waals surface area contributed by atoms with Crippen molar-refractivity contribution in [2.45, 2.75) is 33.2 Å². The molecule has 4 nitrogen and oxygen atoms in total. The zero-order valence-corrected chi connectivity index (χ0v) is 9.04. The van der Waals surface area contributed by atoms with Gasteiger partial charge in [0.05, 0.1) is 0 Å². The van der Waals surface area contributed by atoms with Crippen molar-refractivity contribution >= 4 is 5.95 Å². The lowest BCUT2D eigenvalue weighted by Gasteiger charge is -2.14. The van der Waals surface area contributed by atoms with E-state index in [0.717, 1.165) is 17.7 Å². The van der Waals surface area contributed by atoms with Gasteiger partial charge in [-0.3, -0.25) is 0 Å². The number of anilines is 1. The fourth-order valence-corrected chi connectivity index (χ4v) is 1.11. The van der Waals surface area contributed by atoms with E-state index in [-0.39, 0.29) is 6.04 Å². The third-order valence-corrected chi connectivity index (χ3v) is 2.34. The molecule has 14 heavy (non-hydrogen) atoms. The fourth-order valence-electron chi connectivity index (χ4n) is 1.11. The van der Waals surface area contributed by atoms with Crippen LogP contribution in [-0.2, 0) is 0 Å². The second-order valence-corrected chi connectivity index (χ2v) is 3.45. The Labute approximate surface area is 85.0 Å². The fraction of sp³-hybridized carbons (Fsp3) is 0.600. The van der Waals surface area contributed by atoms with Gasteiger partial charge in [0.1, 0.15) is 0 Å². The molecule has 1 unspecified atom stereocenters. The van der Waals surface area contributed by atoms with Crippen LogP contribution in [-0.4, -0.2) is 22.6 Å². The van der Waals surface area contributed by atoms with Crippen LogP contribution in [0.5, 0.6) is 0 Å². The van der Waals surface area contributed by atoms with Gasteiger partial charge in [0.2, 0.25) is 5.95 Å². The Kier molecular flexibility index (Phi) is 3.83. The molecule has 4 heteroatoms. The molecule has 0 aromatic carbocycles. The standard InChI is InChI=1S/C10H18N4/c1-4-9(5-11)14-10-12-6-7(2)8(3)13-10/h6,9H,4-5,11H2,1-3H3,(H,12,13,14). The summed E-state index contributed by atoms with van der Waals surface area (Å²) in [6.07, 6.45) is 2.81. The second-order valence-electron chi connectivity index (χ2n) is 3.45. The molecule has 0 bridgehead atoms.